The number of hydrogen-bond acceptors (Lipinski definition) is 4. The maximum atomic E-state index is 11.2. The van der Waals surface area contributed by atoms with Crippen molar-refractivity contribution in [1.29, 1.82) is 0 Å². The molecule has 1 amide bonds. The molecule has 1 aliphatic rings. The second kappa shape index (κ2) is 9.53. The number of amides is 1. The fourth-order valence-corrected chi connectivity index (χ4v) is 3.49. The number of nitrogens with zero attached hydrogens (tertiary/aromatic N) is 1. The van der Waals surface area contributed by atoms with Gasteiger partial charge in [-0.3, -0.25) is 9.69 Å². The Hall–Kier alpha value is -2.37. The molecule has 0 aromatic heterocycles. The summed E-state index contributed by atoms with van der Waals surface area (Å²) < 4.78 is 11.4. The van der Waals surface area contributed by atoms with Crippen molar-refractivity contribution in [1.82, 2.24) is 4.90 Å². The molecule has 5 nitrogen and oxygen atoms in total. The number of carbonyl (C=O) groups is 1. The summed E-state index contributed by atoms with van der Waals surface area (Å²) in [6.07, 6.45) is 2.54. The fraction of sp³-hybridized carbons (Fsp3) is 0.409. The highest BCUT2D eigenvalue weighted by Gasteiger charge is 2.20. The highest BCUT2D eigenvalue weighted by molar-refractivity contribution is 5.88. The molecule has 0 saturated carbocycles. The lowest BCUT2D eigenvalue weighted by Gasteiger charge is -2.26. The molecular formula is C22H28N2O3. The molecule has 1 N–H and O–H groups in total. The SMILES string of the molecule is COc1ccccc1CN(Cc1ccc(NC(C)=O)cc1)C[C@@H]1CCCO1. The normalized spacial score (nSPS) is 16.5. The summed E-state index contributed by atoms with van der Waals surface area (Å²) in [6.45, 7) is 4.89. The van der Waals surface area contributed by atoms with Crippen LogP contribution >= 0.6 is 0 Å². The number of carbonyl (C=O) groups excluding carboxylic acids is 1. The molecule has 1 heterocycles. The van der Waals surface area contributed by atoms with E-state index in [1.165, 1.54) is 18.1 Å². The predicted octanol–water partition coefficient (Wildman–Crippen LogP) is 3.83. The zero-order valence-electron chi connectivity index (χ0n) is 16.1. The first-order valence-corrected chi connectivity index (χ1v) is 9.46. The van der Waals surface area contributed by atoms with Crippen molar-refractivity contribution in [3.8, 4) is 5.75 Å². The van der Waals surface area contributed by atoms with E-state index < -0.39 is 0 Å². The number of nitrogens with one attached hydrogen (secondary N) is 1. The van der Waals surface area contributed by atoms with Gasteiger partial charge in [0.2, 0.25) is 5.91 Å². The molecule has 144 valence electrons. The second-order valence-corrected chi connectivity index (χ2v) is 6.99. The molecule has 0 unspecified atom stereocenters. The first-order chi connectivity index (χ1) is 13.1. The van der Waals surface area contributed by atoms with Gasteiger partial charge in [0, 0.05) is 44.4 Å². The van der Waals surface area contributed by atoms with Crippen molar-refractivity contribution in [3.63, 3.8) is 0 Å². The predicted molar refractivity (Wildman–Crippen MR) is 107 cm³/mol. The van der Waals surface area contributed by atoms with E-state index in [0.29, 0.717) is 6.10 Å². The molecule has 5 heteroatoms. The van der Waals surface area contributed by atoms with Gasteiger partial charge in [-0.05, 0) is 36.6 Å². The first-order valence-electron chi connectivity index (χ1n) is 9.46. The summed E-state index contributed by atoms with van der Waals surface area (Å²) in [4.78, 5) is 13.6. The van der Waals surface area contributed by atoms with Gasteiger partial charge in [0.05, 0.1) is 13.2 Å². The number of methoxy groups -OCH3 is 1. The fourth-order valence-electron chi connectivity index (χ4n) is 3.49. The highest BCUT2D eigenvalue weighted by Crippen LogP contribution is 2.23. The quantitative estimate of drug-likeness (QED) is 0.769. The van der Waals surface area contributed by atoms with E-state index in [0.717, 1.165) is 50.5 Å². The Labute approximate surface area is 161 Å². The van der Waals surface area contributed by atoms with Crippen LogP contribution in [0.3, 0.4) is 0 Å². The van der Waals surface area contributed by atoms with E-state index in [1.807, 2.05) is 30.3 Å². The number of benzene rings is 2. The van der Waals surface area contributed by atoms with E-state index in [1.54, 1.807) is 7.11 Å². The van der Waals surface area contributed by atoms with Gasteiger partial charge in [-0.2, -0.15) is 0 Å². The molecule has 0 spiro atoms. The molecule has 3 rings (SSSR count). The summed E-state index contributed by atoms with van der Waals surface area (Å²) in [6, 6.07) is 16.2. The maximum absolute atomic E-state index is 11.2. The van der Waals surface area contributed by atoms with Crippen molar-refractivity contribution in [2.75, 3.05) is 25.6 Å². The molecule has 1 atom stereocenters. The average molecular weight is 368 g/mol. The van der Waals surface area contributed by atoms with Crippen LogP contribution in [0, 0.1) is 0 Å². The van der Waals surface area contributed by atoms with Crippen LogP contribution in [0.5, 0.6) is 5.75 Å². The molecule has 1 aliphatic heterocycles. The molecular weight excluding hydrogens is 340 g/mol. The smallest absolute Gasteiger partial charge is 0.221 e. The molecule has 0 radical (unpaired) electrons. The van der Waals surface area contributed by atoms with Gasteiger partial charge in [0.15, 0.2) is 0 Å². The highest BCUT2D eigenvalue weighted by atomic mass is 16.5. The van der Waals surface area contributed by atoms with Gasteiger partial charge in [-0.15, -0.1) is 0 Å². The third-order valence-electron chi connectivity index (χ3n) is 4.75. The Kier molecular flexibility index (Phi) is 6.85. The number of rotatable bonds is 8. The maximum Gasteiger partial charge on any atom is 0.221 e. The Balaban J connectivity index is 1.72. The summed E-state index contributed by atoms with van der Waals surface area (Å²) in [5.41, 5.74) is 3.20. The molecule has 0 bridgehead atoms. The van der Waals surface area contributed by atoms with Gasteiger partial charge < -0.3 is 14.8 Å². The van der Waals surface area contributed by atoms with Crippen molar-refractivity contribution >= 4 is 11.6 Å². The van der Waals surface area contributed by atoms with Crippen LogP contribution in [0.25, 0.3) is 0 Å². The molecule has 2 aromatic carbocycles. The second-order valence-electron chi connectivity index (χ2n) is 6.99. The van der Waals surface area contributed by atoms with Crippen LogP contribution in [0.2, 0.25) is 0 Å². The lowest BCUT2D eigenvalue weighted by molar-refractivity contribution is -0.114. The van der Waals surface area contributed by atoms with Crippen molar-refractivity contribution < 1.29 is 14.3 Å². The summed E-state index contributed by atoms with van der Waals surface area (Å²) in [5, 5.41) is 2.81. The van der Waals surface area contributed by atoms with Crippen molar-refractivity contribution in [2.45, 2.75) is 39.0 Å². The molecule has 2 aromatic rings. The van der Waals surface area contributed by atoms with Gasteiger partial charge in [0.1, 0.15) is 5.75 Å². The molecule has 1 saturated heterocycles. The van der Waals surface area contributed by atoms with Crippen LogP contribution in [-0.4, -0.2) is 37.2 Å². The summed E-state index contributed by atoms with van der Waals surface area (Å²) in [7, 11) is 1.71. The van der Waals surface area contributed by atoms with Gasteiger partial charge in [-0.25, -0.2) is 0 Å². The van der Waals surface area contributed by atoms with Crippen molar-refractivity contribution in [3.05, 3.63) is 59.7 Å². The number of ether oxygens (including phenoxy) is 2. The van der Waals surface area contributed by atoms with E-state index in [2.05, 4.69) is 28.4 Å². The third kappa shape index (κ3) is 5.81. The van der Waals surface area contributed by atoms with Gasteiger partial charge in [0.25, 0.3) is 0 Å². The van der Waals surface area contributed by atoms with Crippen LogP contribution in [-0.2, 0) is 22.6 Å². The summed E-state index contributed by atoms with van der Waals surface area (Å²) >= 11 is 0. The standard InChI is InChI=1S/C22H28N2O3/c1-17(25)23-20-11-9-18(10-12-20)14-24(16-21-7-5-13-27-21)15-19-6-3-4-8-22(19)26-2/h3-4,6,8-12,21H,5,7,13-16H2,1-2H3,(H,23,25)/t21-/m0/s1. The zero-order valence-corrected chi connectivity index (χ0v) is 16.1. The third-order valence-corrected chi connectivity index (χ3v) is 4.75. The van der Waals surface area contributed by atoms with E-state index in [4.69, 9.17) is 9.47 Å². The van der Waals surface area contributed by atoms with Gasteiger partial charge >= 0.3 is 0 Å². The summed E-state index contributed by atoms with van der Waals surface area (Å²) in [5.74, 6) is 0.856. The molecule has 1 fully saturated rings. The average Bonchev–Trinajstić information content (AvgIpc) is 3.16. The van der Waals surface area contributed by atoms with E-state index >= 15 is 0 Å². The minimum Gasteiger partial charge on any atom is -0.496 e. The zero-order chi connectivity index (χ0) is 19.1. The largest absolute Gasteiger partial charge is 0.496 e. The molecule has 27 heavy (non-hydrogen) atoms. The number of anilines is 1. The minimum atomic E-state index is -0.0565. The van der Waals surface area contributed by atoms with Crippen LogP contribution in [0.4, 0.5) is 5.69 Å². The first kappa shape index (κ1) is 19.4. The van der Waals surface area contributed by atoms with Crippen LogP contribution in [0.1, 0.15) is 30.9 Å². The van der Waals surface area contributed by atoms with E-state index in [-0.39, 0.29) is 5.91 Å². The minimum absolute atomic E-state index is 0.0565. The Morgan fingerprint density at radius 2 is 1.96 bits per heavy atom. The Morgan fingerprint density at radius 3 is 2.63 bits per heavy atom. The number of hydrogen-bond donors (Lipinski definition) is 1. The topological polar surface area (TPSA) is 50.8 Å². The number of para-hydroxylation sites is 1. The Morgan fingerprint density at radius 1 is 1.19 bits per heavy atom. The molecule has 0 aliphatic carbocycles. The Bertz CT molecular complexity index is 739. The van der Waals surface area contributed by atoms with Crippen LogP contribution < -0.4 is 10.1 Å². The van der Waals surface area contributed by atoms with Gasteiger partial charge in [-0.1, -0.05) is 30.3 Å². The monoisotopic (exact) mass is 368 g/mol. The van der Waals surface area contributed by atoms with E-state index in [9.17, 15) is 4.79 Å². The lowest BCUT2D eigenvalue weighted by atomic mass is 10.1. The van der Waals surface area contributed by atoms with Crippen LogP contribution in [0.15, 0.2) is 48.5 Å². The van der Waals surface area contributed by atoms with Crippen molar-refractivity contribution in [2.24, 2.45) is 0 Å². The lowest BCUT2D eigenvalue weighted by Crippen LogP contribution is -2.31.